The number of methoxy groups -OCH3 is 1. The van der Waals surface area contributed by atoms with Crippen LogP contribution < -0.4 is 10.6 Å². The largest absolute Gasteiger partial charge is 0.383 e. The van der Waals surface area contributed by atoms with Crippen molar-refractivity contribution in [3.05, 3.63) is 17.5 Å². The summed E-state index contributed by atoms with van der Waals surface area (Å²) in [6.45, 7) is 6.13. The van der Waals surface area contributed by atoms with Crippen molar-refractivity contribution in [3.63, 3.8) is 0 Å². The van der Waals surface area contributed by atoms with E-state index in [-0.39, 0.29) is 0 Å². The SMILES string of the molecule is COCCNCCNCc1cc(C)on1. The lowest BCUT2D eigenvalue weighted by atomic mass is 10.4. The molecule has 0 aliphatic carbocycles. The maximum atomic E-state index is 4.95. The molecule has 0 fully saturated rings. The Balaban J connectivity index is 1.93. The summed E-state index contributed by atoms with van der Waals surface area (Å²) in [6, 6.07) is 1.94. The van der Waals surface area contributed by atoms with Crippen molar-refractivity contribution < 1.29 is 9.26 Å². The van der Waals surface area contributed by atoms with Gasteiger partial charge >= 0.3 is 0 Å². The summed E-state index contributed by atoms with van der Waals surface area (Å²) in [5, 5.41) is 10.4. The van der Waals surface area contributed by atoms with Gasteiger partial charge in [-0.2, -0.15) is 0 Å². The van der Waals surface area contributed by atoms with E-state index in [1.165, 1.54) is 0 Å². The van der Waals surface area contributed by atoms with Gasteiger partial charge in [0.05, 0.1) is 12.3 Å². The zero-order valence-corrected chi connectivity index (χ0v) is 9.38. The minimum absolute atomic E-state index is 0.752. The number of rotatable bonds is 8. The van der Waals surface area contributed by atoms with Gasteiger partial charge in [0.25, 0.3) is 0 Å². The minimum atomic E-state index is 0.752. The normalized spacial score (nSPS) is 10.8. The first kappa shape index (κ1) is 12.2. The molecule has 5 nitrogen and oxygen atoms in total. The van der Waals surface area contributed by atoms with E-state index in [1.54, 1.807) is 7.11 Å². The molecular weight excluding hydrogens is 194 g/mol. The first-order valence-electron chi connectivity index (χ1n) is 5.15. The van der Waals surface area contributed by atoms with E-state index in [1.807, 2.05) is 13.0 Å². The number of ether oxygens (including phenoxy) is 1. The number of hydrogen-bond acceptors (Lipinski definition) is 5. The van der Waals surface area contributed by atoms with Crippen LogP contribution in [0, 0.1) is 6.92 Å². The van der Waals surface area contributed by atoms with Crippen LogP contribution in [-0.4, -0.2) is 38.5 Å². The molecule has 1 rings (SSSR count). The van der Waals surface area contributed by atoms with Crippen molar-refractivity contribution in [2.75, 3.05) is 33.4 Å². The molecule has 86 valence electrons. The highest BCUT2D eigenvalue weighted by Gasteiger charge is 1.98. The van der Waals surface area contributed by atoms with Crippen LogP contribution >= 0.6 is 0 Å². The second-order valence-electron chi connectivity index (χ2n) is 3.35. The molecule has 15 heavy (non-hydrogen) atoms. The third-order valence-corrected chi connectivity index (χ3v) is 1.94. The Bertz CT molecular complexity index is 263. The van der Waals surface area contributed by atoms with Gasteiger partial charge in [0.15, 0.2) is 0 Å². The maximum Gasteiger partial charge on any atom is 0.133 e. The van der Waals surface area contributed by atoms with Crippen LogP contribution in [0.25, 0.3) is 0 Å². The average molecular weight is 213 g/mol. The van der Waals surface area contributed by atoms with E-state index in [0.29, 0.717) is 0 Å². The molecule has 0 radical (unpaired) electrons. The molecule has 0 saturated carbocycles. The quantitative estimate of drug-likeness (QED) is 0.609. The van der Waals surface area contributed by atoms with Crippen LogP contribution in [0.2, 0.25) is 0 Å². The Morgan fingerprint density at radius 2 is 2.13 bits per heavy atom. The van der Waals surface area contributed by atoms with Crippen LogP contribution in [0.4, 0.5) is 0 Å². The van der Waals surface area contributed by atoms with Crippen molar-refractivity contribution in [3.8, 4) is 0 Å². The summed E-state index contributed by atoms with van der Waals surface area (Å²) in [5.41, 5.74) is 0.949. The van der Waals surface area contributed by atoms with E-state index in [2.05, 4.69) is 15.8 Å². The third kappa shape index (κ3) is 5.51. The first-order chi connectivity index (χ1) is 7.33. The Labute approximate surface area is 90.2 Å². The lowest BCUT2D eigenvalue weighted by Crippen LogP contribution is -2.29. The molecule has 0 atom stereocenters. The fourth-order valence-corrected chi connectivity index (χ4v) is 1.19. The van der Waals surface area contributed by atoms with E-state index in [4.69, 9.17) is 9.26 Å². The maximum absolute atomic E-state index is 4.95. The molecule has 0 aliphatic rings. The first-order valence-corrected chi connectivity index (χ1v) is 5.15. The van der Waals surface area contributed by atoms with Crippen LogP contribution in [0.1, 0.15) is 11.5 Å². The van der Waals surface area contributed by atoms with Crippen LogP contribution in [0.5, 0.6) is 0 Å². The predicted octanol–water partition coefficient (Wildman–Crippen LogP) is 0.309. The molecule has 0 unspecified atom stereocenters. The van der Waals surface area contributed by atoms with E-state index < -0.39 is 0 Å². The average Bonchev–Trinajstić information content (AvgIpc) is 2.63. The molecule has 2 N–H and O–H groups in total. The zero-order chi connectivity index (χ0) is 10.9. The van der Waals surface area contributed by atoms with Crippen molar-refractivity contribution in [1.29, 1.82) is 0 Å². The Morgan fingerprint density at radius 1 is 1.33 bits per heavy atom. The second-order valence-corrected chi connectivity index (χ2v) is 3.35. The molecular formula is C10H19N3O2. The van der Waals surface area contributed by atoms with Crippen molar-refractivity contribution >= 4 is 0 Å². The van der Waals surface area contributed by atoms with Gasteiger partial charge in [-0.3, -0.25) is 0 Å². The molecule has 0 aromatic carbocycles. The molecule has 0 saturated heterocycles. The van der Waals surface area contributed by atoms with Gasteiger partial charge in [0.1, 0.15) is 5.76 Å². The lowest BCUT2D eigenvalue weighted by Gasteiger charge is -2.04. The van der Waals surface area contributed by atoms with Crippen LogP contribution in [-0.2, 0) is 11.3 Å². The van der Waals surface area contributed by atoms with E-state index in [9.17, 15) is 0 Å². The number of hydrogen-bond donors (Lipinski definition) is 2. The molecule has 1 aromatic heterocycles. The van der Waals surface area contributed by atoms with Gasteiger partial charge in [0.2, 0.25) is 0 Å². The summed E-state index contributed by atoms with van der Waals surface area (Å²) in [5.74, 6) is 0.852. The number of nitrogens with one attached hydrogen (secondary N) is 2. The molecule has 5 heteroatoms. The Morgan fingerprint density at radius 3 is 2.80 bits per heavy atom. The fourth-order valence-electron chi connectivity index (χ4n) is 1.19. The summed E-state index contributed by atoms with van der Waals surface area (Å²) < 4.78 is 9.87. The zero-order valence-electron chi connectivity index (χ0n) is 9.38. The van der Waals surface area contributed by atoms with Crippen LogP contribution in [0.3, 0.4) is 0 Å². The smallest absolute Gasteiger partial charge is 0.133 e. The summed E-state index contributed by atoms with van der Waals surface area (Å²) >= 11 is 0. The third-order valence-electron chi connectivity index (χ3n) is 1.94. The van der Waals surface area contributed by atoms with Gasteiger partial charge in [-0.25, -0.2) is 0 Å². The minimum Gasteiger partial charge on any atom is -0.383 e. The van der Waals surface area contributed by atoms with Gasteiger partial charge in [-0.1, -0.05) is 5.16 Å². The number of nitrogens with zero attached hydrogens (tertiary/aromatic N) is 1. The molecule has 0 spiro atoms. The summed E-state index contributed by atoms with van der Waals surface area (Å²) in [7, 11) is 1.70. The van der Waals surface area contributed by atoms with Gasteiger partial charge in [0, 0.05) is 39.4 Å². The Hall–Kier alpha value is -0.910. The molecule has 0 amide bonds. The Kier molecular flexibility index (Phi) is 5.99. The van der Waals surface area contributed by atoms with Gasteiger partial charge < -0.3 is 19.9 Å². The van der Waals surface area contributed by atoms with Crippen molar-refractivity contribution in [2.45, 2.75) is 13.5 Å². The monoisotopic (exact) mass is 213 g/mol. The number of aryl methyl sites for hydroxylation is 1. The van der Waals surface area contributed by atoms with E-state index >= 15 is 0 Å². The molecule has 1 aromatic rings. The highest BCUT2D eigenvalue weighted by molar-refractivity contribution is 5.02. The molecule has 0 bridgehead atoms. The van der Waals surface area contributed by atoms with Crippen molar-refractivity contribution in [1.82, 2.24) is 15.8 Å². The highest BCUT2D eigenvalue weighted by atomic mass is 16.5. The van der Waals surface area contributed by atoms with Gasteiger partial charge in [-0.15, -0.1) is 0 Å². The number of aromatic nitrogens is 1. The predicted molar refractivity (Wildman–Crippen MR) is 57.7 cm³/mol. The van der Waals surface area contributed by atoms with Crippen molar-refractivity contribution in [2.24, 2.45) is 0 Å². The molecule has 0 aliphatic heterocycles. The standard InChI is InChI=1S/C10H19N3O2/c1-9-7-10(13-15-9)8-12-4-3-11-5-6-14-2/h7,11-12H,3-6,8H2,1-2H3. The molecule has 1 heterocycles. The second kappa shape index (κ2) is 7.39. The lowest BCUT2D eigenvalue weighted by molar-refractivity contribution is 0.199. The van der Waals surface area contributed by atoms with Crippen LogP contribution in [0.15, 0.2) is 10.6 Å². The highest BCUT2D eigenvalue weighted by Crippen LogP contribution is 1.99. The topological polar surface area (TPSA) is 59.3 Å². The summed E-state index contributed by atoms with van der Waals surface area (Å²) in [6.07, 6.45) is 0. The van der Waals surface area contributed by atoms with Gasteiger partial charge in [-0.05, 0) is 6.92 Å². The summed E-state index contributed by atoms with van der Waals surface area (Å²) in [4.78, 5) is 0. The fraction of sp³-hybridized carbons (Fsp3) is 0.700. The van der Waals surface area contributed by atoms with E-state index in [0.717, 1.165) is 44.2 Å².